The Kier molecular flexibility index (Phi) is 7.73. The van der Waals surface area contributed by atoms with Crippen LogP contribution in [0.3, 0.4) is 0 Å². The highest BCUT2D eigenvalue weighted by atomic mass is 15.3. The Morgan fingerprint density at radius 2 is 1.18 bits per heavy atom. The third kappa shape index (κ3) is 5.27. The quantitative estimate of drug-likeness (QED) is 0.181. The predicted octanol–water partition coefficient (Wildman–Crippen LogP) is 13.0. The van der Waals surface area contributed by atoms with E-state index in [1.165, 1.54) is 94.3 Å². The van der Waals surface area contributed by atoms with Gasteiger partial charge in [-0.3, -0.25) is 9.98 Å². The van der Waals surface area contributed by atoms with E-state index in [0.29, 0.717) is 0 Å². The molecule has 0 saturated carbocycles. The molecule has 0 fully saturated rings. The van der Waals surface area contributed by atoms with Crippen LogP contribution in [-0.2, 0) is 0 Å². The van der Waals surface area contributed by atoms with Gasteiger partial charge in [-0.15, -0.1) is 0 Å². The van der Waals surface area contributed by atoms with Gasteiger partial charge in [0.25, 0.3) is 0 Å². The normalized spacial score (nSPS) is 15.9. The van der Waals surface area contributed by atoms with E-state index in [9.17, 15) is 0 Å². The minimum absolute atomic E-state index is 0.0143. The molecule has 2 aromatic heterocycles. The molecule has 0 amide bonds. The topological polar surface area (TPSA) is 33.4 Å². The van der Waals surface area contributed by atoms with Crippen LogP contribution in [0.15, 0.2) is 126 Å². The Morgan fingerprint density at radius 1 is 0.500 bits per heavy atom. The molecule has 0 bridgehead atoms. The minimum atomic E-state index is -0.0551. The summed E-state index contributed by atoms with van der Waals surface area (Å²) in [6.07, 6.45) is 1.92. The SMILES string of the molecule is Cc1cc(C2=N[C@@H]3c4ccc(C)cc4-c4cc(C)ccc4[C@@H]3N2c2c(C)cc(C)cc2C)cc(-n2c3ccccc3c3cc(C)c(-c4cc(C)ccn4)cc32)c1. The summed E-state index contributed by atoms with van der Waals surface area (Å²) in [4.78, 5) is 13.2. The van der Waals surface area contributed by atoms with E-state index < -0.39 is 0 Å². The Balaban J connectivity index is 1.23. The molecule has 1 aliphatic heterocycles. The van der Waals surface area contributed by atoms with E-state index in [-0.39, 0.29) is 12.1 Å². The summed E-state index contributed by atoms with van der Waals surface area (Å²) < 4.78 is 2.45. The molecule has 0 saturated heterocycles. The summed E-state index contributed by atoms with van der Waals surface area (Å²) >= 11 is 0. The van der Waals surface area contributed by atoms with Crippen molar-refractivity contribution in [3.63, 3.8) is 0 Å². The molecular formula is C52H46N4. The van der Waals surface area contributed by atoms with E-state index in [4.69, 9.17) is 9.98 Å². The van der Waals surface area contributed by atoms with E-state index in [1.807, 2.05) is 6.20 Å². The van der Waals surface area contributed by atoms with Gasteiger partial charge in [-0.25, -0.2) is 0 Å². The van der Waals surface area contributed by atoms with Gasteiger partial charge >= 0.3 is 0 Å². The highest BCUT2D eigenvalue weighted by Crippen LogP contribution is 2.55. The van der Waals surface area contributed by atoms with Crippen molar-refractivity contribution < 1.29 is 0 Å². The summed E-state index contributed by atoms with van der Waals surface area (Å²) in [5, 5.41) is 2.49. The number of benzene rings is 6. The Morgan fingerprint density at radius 3 is 1.93 bits per heavy atom. The third-order valence-corrected chi connectivity index (χ3v) is 12.1. The van der Waals surface area contributed by atoms with E-state index in [2.05, 4.69) is 180 Å². The summed E-state index contributed by atoms with van der Waals surface area (Å²) in [5.41, 5.74) is 23.2. The van der Waals surface area contributed by atoms with Crippen molar-refractivity contribution in [2.45, 2.75) is 67.5 Å². The fraction of sp³-hybridized carbons (Fsp3) is 0.192. The number of hydrogen-bond donors (Lipinski definition) is 0. The third-order valence-electron chi connectivity index (χ3n) is 12.1. The molecule has 0 N–H and O–H groups in total. The van der Waals surface area contributed by atoms with Gasteiger partial charge in [0.05, 0.1) is 22.8 Å². The van der Waals surface area contributed by atoms with Crippen molar-refractivity contribution in [1.82, 2.24) is 9.55 Å². The molecule has 2 atom stereocenters. The maximum absolute atomic E-state index is 5.82. The summed E-state index contributed by atoms with van der Waals surface area (Å²) in [5.74, 6) is 1.02. The molecule has 274 valence electrons. The van der Waals surface area contributed by atoms with Crippen LogP contribution in [0.4, 0.5) is 5.69 Å². The predicted molar refractivity (Wildman–Crippen MR) is 235 cm³/mol. The first-order valence-electron chi connectivity index (χ1n) is 19.8. The van der Waals surface area contributed by atoms with Crippen molar-refractivity contribution in [3.05, 3.63) is 183 Å². The molecule has 0 spiro atoms. The van der Waals surface area contributed by atoms with Crippen LogP contribution in [0.2, 0.25) is 0 Å². The second-order valence-corrected chi connectivity index (χ2v) is 16.5. The van der Waals surface area contributed by atoms with Crippen LogP contribution in [0.1, 0.15) is 73.3 Å². The Bertz CT molecular complexity index is 2950. The summed E-state index contributed by atoms with van der Waals surface area (Å²) in [6.45, 7) is 17.7. The molecule has 8 aromatic rings. The van der Waals surface area contributed by atoms with E-state index >= 15 is 0 Å². The number of aryl methyl sites for hydroxylation is 8. The van der Waals surface area contributed by atoms with Crippen molar-refractivity contribution in [2.75, 3.05) is 4.90 Å². The number of aromatic nitrogens is 2. The van der Waals surface area contributed by atoms with Gasteiger partial charge in [-0.2, -0.15) is 0 Å². The summed E-state index contributed by atoms with van der Waals surface area (Å²) in [6, 6.07) is 43.3. The monoisotopic (exact) mass is 726 g/mol. The Labute approximate surface area is 329 Å². The van der Waals surface area contributed by atoms with Crippen LogP contribution >= 0.6 is 0 Å². The van der Waals surface area contributed by atoms with Gasteiger partial charge < -0.3 is 9.47 Å². The standard InChI is InChI=1S/C52H46N4/c1-29-13-15-40-43(23-29)44-24-30(2)14-16-41(44)51-49(40)54-52(56(51)50-35(7)19-32(4)20-36(50)8)37-21-33(5)22-38(27-37)55-47-12-10-9-11-39(47)45-26-34(6)42(28-48(45)55)46-25-31(3)17-18-53-46/h9-28,49,51H,1-8H3/t49-,51+/m1/s1. The molecule has 0 radical (unpaired) electrons. The molecule has 2 aliphatic rings. The average Bonchev–Trinajstić information content (AvgIpc) is 3.70. The smallest absolute Gasteiger partial charge is 0.136 e. The number of nitrogens with zero attached hydrogens (tertiary/aromatic N) is 4. The molecule has 10 rings (SSSR count). The first-order valence-corrected chi connectivity index (χ1v) is 19.8. The number of anilines is 1. The fourth-order valence-corrected chi connectivity index (χ4v) is 9.80. The second kappa shape index (κ2) is 12.6. The number of rotatable bonds is 4. The van der Waals surface area contributed by atoms with Crippen LogP contribution in [0.25, 0.3) is 49.9 Å². The lowest BCUT2D eigenvalue weighted by Crippen LogP contribution is -2.35. The molecule has 1 aliphatic carbocycles. The van der Waals surface area contributed by atoms with Crippen molar-refractivity contribution in [1.29, 1.82) is 0 Å². The van der Waals surface area contributed by atoms with Crippen LogP contribution in [0, 0.1) is 55.4 Å². The number of amidine groups is 1. The zero-order chi connectivity index (χ0) is 38.6. The van der Waals surface area contributed by atoms with E-state index in [0.717, 1.165) is 28.3 Å². The number of para-hydroxylation sites is 1. The number of fused-ring (bicyclic) bond motifs is 9. The maximum atomic E-state index is 5.82. The lowest BCUT2D eigenvalue weighted by Gasteiger charge is -2.38. The average molecular weight is 727 g/mol. The lowest BCUT2D eigenvalue weighted by atomic mass is 9.78. The Hall–Kier alpha value is -6.26. The van der Waals surface area contributed by atoms with Gasteiger partial charge in [-0.1, -0.05) is 83.4 Å². The highest BCUT2D eigenvalue weighted by Gasteiger charge is 2.45. The molecule has 4 nitrogen and oxygen atoms in total. The first kappa shape index (κ1) is 34.2. The van der Waals surface area contributed by atoms with Crippen molar-refractivity contribution in [3.8, 4) is 28.1 Å². The molecule has 0 unspecified atom stereocenters. The van der Waals surface area contributed by atoms with Crippen molar-refractivity contribution >= 4 is 33.3 Å². The largest absolute Gasteiger partial charge is 0.316 e. The van der Waals surface area contributed by atoms with Gasteiger partial charge in [0.1, 0.15) is 11.9 Å². The second-order valence-electron chi connectivity index (χ2n) is 16.5. The molecule has 6 aromatic carbocycles. The fourth-order valence-electron chi connectivity index (χ4n) is 9.80. The molecular weight excluding hydrogens is 681 g/mol. The highest BCUT2D eigenvalue weighted by molar-refractivity contribution is 6.14. The zero-order valence-electron chi connectivity index (χ0n) is 33.5. The molecule has 3 heterocycles. The van der Waals surface area contributed by atoms with Gasteiger partial charge in [-0.05, 0) is 154 Å². The first-order chi connectivity index (χ1) is 27.0. The van der Waals surface area contributed by atoms with Gasteiger partial charge in [0.2, 0.25) is 0 Å². The zero-order valence-corrected chi connectivity index (χ0v) is 33.5. The van der Waals surface area contributed by atoms with Crippen LogP contribution in [0.5, 0.6) is 0 Å². The number of aliphatic imine (C=N–C) groups is 1. The van der Waals surface area contributed by atoms with Gasteiger partial charge in [0.15, 0.2) is 0 Å². The maximum Gasteiger partial charge on any atom is 0.136 e. The van der Waals surface area contributed by atoms with Crippen LogP contribution in [-0.4, -0.2) is 15.4 Å². The summed E-state index contributed by atoms with van der Waals surface area (Å²) in [7, 11) is 0. The van der Waals surface area contributed by atoms with E-state index in [1.54, 1.807) is 0 Å². The van der Waals surface area contributed by atoms with Crippen molar-refractivity contribution in [2.24, 2.45) is 4.99 Å². The van der Waals surface area contributed by atoms with Gasteiger partial charge in [0, 0.05) is 39.5 Å². The minimum Gasteiger partial charge on any atom is -0.316 e. The number of hydrogen-bond acceptors (Lipinski definition) is 3. The number of pyridine rings is 1. The molecule has 56 heavy (non-hydrogen) atoms. The van der Waals surface area contributed by atoms with Crippen LogP contribution < -0.4 is 4.90 Å². The lowest BCUT2D eigenvalue weighted by molar-refractivity contribution is 0.603. The molecule has 4 heteroatoms.